The fourth-order valence-corrected chi connectivity index (χ4v) is 2.59. The number of halogens is 3. The molecule has 0 spiro atoms. The minimum atomic E-state index is -0.384. The van der Waals surface area contributed by atoms with E-state index < -0.39 is 0 Å². The Morgan fingerprint density at radius 3 is 2.30 bits per heavy atom. The number of amides is 3. The van der Waals surface area contributed by atoms with Gasteiger partial charge in [0.15, 0.2) is 0 Å². The van der Waals surface area contributed by atoms with E-state index in [0.717, 1.165) is 0 Å². The minimum absolute atomic E-state index is 0.142. The molecule has 3 amide bonds. The van der Waals surface area contributed by atoms with Crippen LogP contribution in [0.4, 0.5) is 13.6 Å². The molecule has 2 aromatic carbocycles. The first-order valence-electron chi connectivity index (χ1n) is 8.29. The fourth-order valence-electron chi connectivity index (χ4n) is 2.34. The molecule has 2 rings (SSSR count). The molecule has 0 saturated heterocycles. The summed E-state index contributed by atoms with van der Waals surface area (Å²) in [4.78, 5) is 25.3. The summed E-state index contributed by atoms with van der Waals surface area (Å²) in [5.74, 6) is -0.948. The lowest BCUT2D eigenvalue weighted by molar-refractivity contribution is -0.120. The van der Waals surface area contributed by atoms with Crippen LogP contribution in [0.5, 0.6) is 0 Å². The van der Waals surface area contributed by atoms with Crippen molar-refractivity contribution in [3.05, 3.63) is 69.7 Å². The number of urea groups is 1. The average molecular weight is 440 g/mol. The van der Waals surface area contributed by atoms with Gasteiger partial charge in [0.25, 0.3) is 0 Å². The number of carbonyl (C=O) groups excluding carboxylic acids is 2. The quantitative estimate of drug-likeness (QED) is 0.650. The molecule has 2 N–H and O–H groups in total. The highest BCUT2D eigenvalue weighted by atomic mass is 79.9. The van der Waals surface area contributed by atoms with Gasteiger partial charge < -0.3 is 15.5 Å². The highest BCUT2D eigenvalue weighted by Crippen LogP contribution is 2.17. The van der Waals surface area contributed by atoms with Crippen LogP contribution in [0.25, 0.3) is 0 Å². The molecule has 0 radical (unpaired) electrons. The number of carbonyl (C=O) groups is 2. The molecule has 144 valence electrons. The lowest BCUT2D eigenvalue weighted by Crippen LogP contribution is -2.41. The van der Waals surface area contributed by atoms with Gasteiger partial charge in [-0.3, -0.25) is 4.79 Å². The maximum absolute atomic E-state index is 13.5. The summed E-state index contributed by atoms with van der Waals surface area (Å²) in [7, 11) is 1.60. The molecule has 0 fully saturated rings. The predicted octanol–water partition coefficient (Wildman–Crippen LogP) is 3.23. The van der Waals surface area contributed by atoms with Gasteiger partial charge in [0, 0.05) is 26.7 Å². The summed E-state index contributed by atoms with van der Waals surface area (Å²) >= 11 is 3.08. The second-order valence-electron chi connectivity index (χ2n) is 5.99. The minimum Gasteiger partial charge on any atom is -0.354 e. The van der Waals surface area contributed by atoms with Crippen LogP contribution in [0.15, 0.2) is 46.9 Å². The van der Waals surface area contributed by atoms with Crippen molar-refractivity contribution >= 4 is 27.9 Å². The van der Waals surface area contributed by atoms with Crippen molar-refractivity contribution in [1.29, 1.82) is 0 Å². The van der Waals surface area contributed by atoms with Crippen molar-refractivity contribution in [1.82, 2.24) is 15.5 Å². The molecule has 0 bridgehead atoms. The Kier molecular flexibility index (Phi) is 7.72. The molecule has 0 aromatic heterocycles. The first-order chi connectivity index (χ1) is 12.8. The van der Waals surface area contributed by atoms with Crippen LogP contribution >= 0.6 is 15.9 Å². The normalized spacial score (nSPS) is 10.4. The van der Waals surface area contributed by atoms with Crippen LogP contribution in [-0.2, 0) is 17.8 Å². The Labute approximate surface area is 164 Å². The third-order valence-corrected chi connectivity index (χ3v) is 4.39. The molecule has 0 aliphatic rings. The van der Waals surface area contributed by atoms with Crippen molar-refractivity contribution in [2.75, 3.05) is 20.1 Å². The first-order valence-corrected chi connectivity index (χ1v) is 9.08. The number of hydrogen-bond acceptors (Lipinski definition) is 2. The van der Waals surface area contributed by atoms with E-state index in [-0.39, 0.29) is 49.6 Å². The third kappa shape index (κ3) is 6.97. The van der Waals surface area contributed by atoms with E-state index in [1.165, 1.54) is 23.1 Å². The summed E-state index contributed by atoms with van der Waals surface area (Å²) in [5, 5.41) is 5.36. The number of nitrogens with zero attached hydrogens (tertiary/aromatic N) is 1. The molecule has 0 aliphatic heterocycles. The van der Waals surface area contributed by atoms with Gasteiger partial charge in [-0.05, 0) is 51.3 Å². The van der Waals surface area contributed by atoms with E-state index in [2.05, 4.69) is 26.6 Å². The summed E-state index contributed by atoms with van der Waals surface area (Å²) in [6.45, 7) is 0.784. The maximum Gasteiger partial charge on any atom is 0.317 e. The zero-order valence-electron chi connectivity index (χ0n) is 14.8. The molecule has 5 nitrogen and oxygen atoms in total. The van der Waals surface area contributed by atoms with Crippen molar-refractivity contribution in [3.63, 3.8) is 0 Å². The molecular weight excluding hydrogens is 420 g/mol. The SMILES string of the molecule is CN(Cc1ccc(Br)c(F)c1)C(=O)NCCNC(=O)Cc1ccc(F)cc1. The van der Waals surface area contributed by atoms with Gasteiger partial charge in [-0.1, -0.05) is 18.2 Å². The smallest absolute Gasteiger partial charge is 0.317 e. The molecule has 0 saturated carbocycles. The zero-order chi connectivity index (χ0) is 19.8. The molecule has 8 heteroatoms. The number of nitrogens with one attached hydrogen (secondary N) is 2. The monoisotopic (exact) mass is 439 g/mol. The van der Waals surface area contributed by atoms with Gasteiger partial charge in [-0.2, -0.15) is 0 Å². The third-order valence-electron chi connectivity index (χ3n) is 3.75. The van der Waals surface area contributed by atoms with E-state index in [9.17, 15) is 18.4 Å². The van der Waals surface area contributed by atoms with Crippen LogP contribution in [-0.4, -0.2) is 37.0 Å². The second-order valence-corrected chi connectivity index (χ2v) is 6.84. The van der Waals surface area contributed by atoms with Gasteiger partial charge in [-0.15, -0.1) is 0 Å². The molecule has 27 heavy (non-hydrogen) atoms. The van der Waals surface area contributed by atoms with Gasteiger partial charge in [0.05, 0.1) is 10.9 Å². The molecule has 0 unspecified atom stereocenters. The number of benzene rings is 2. The van der Waals surface area contributed by atoms with Crippen LogP contribution in [0, 0.1) is 11.6 Å². The summed E-state index contributed by atoms with van der Waals surface area (Å²) < 4.78 is 26.7. The topological polar surface area (TPSA) is 61.4 Å². The Bertz CT molecular complexity index is 800. The van der Waals surface area contributed by atoms with E-state index >= 15 is 0 Å². The Balaban J connectivity index is 1.68. The van der Waals surface area contributed by atoms with Crippen LogP contribution < -0.4 is 10.6 Å². The average Bonchev–Trinajstić information content (AvgIpc) is 2.63. The molecule has 0 atom stereocenters. The zero-order valence-corrected chi connectivity index (χ0v) is 16.4. The Hall–Kier alpha value is -2.48. The molecular formula is C19H20BrF2N3O2. The molecule has 0 aliphatic carbocycles. The predicted molar refractivity (Wildman–Crippen MR) is 102 cm³/mol. The Morgan fingerprint density at radius 1 is 1.00 bits per heavy atom. The van der Waals surface area contributed by atoms with Crippen molar-refractivity contribution < 1.29 is 18.4 Å². The Morgan fingerprint density at radius 2 is 1.63 bits per heavy atom. The number of rotatable bonds is 7. The van der Waals surface area contributed by atoms with E-state index in [1.54, 1.807) is 31.3 Å². The second kappa shape index (κ2) is 10.0. The summed E-state index contributed by atoms with van der Waals surface area (Å²) in [6.07, 6.45) is 0.142. The summed E-state index contributed by atoms with van der Waals surface area (Å²) in [6, 6.07) is 10.1. The highest BCUT2D eigenvalue weighted by Gasteiger charge is 2.10. The van der Waals surface area contributed by atoms with E-state index in [1.807, 2.05) is 0 Å². The lowest BCUT2D eigenvalue weighted by Gasteiger charge is -2.18. The highest BCUT2D eigenvalue weighted by molar-refractivity contribution is 9.10. The van der Waals surface area contributed by atoms with Crippen molar-refractivity contribution in [2.45, 2.75) is 13.0 Å². The largest absolute Gasteiger partial charge is 0.354 e. The van der Waals surface area contributed by atoms with Gasteiger partial charge in [0.1, 0.15) is 11.6 Å². The van der Waals surface area contributed by atoms with Crippen molar-refractivity contribution in [3.8, 4) is 0 Å². The number of hydrogen-bond donors (Lipinski definition) is 2. The van der Waals surface area contributed by atoms with Gasteiger partial charge >= 0.3 is 6.03 Å². The molecule has 0 heterocycles. The first kappa shape index (κ1) is 20.8. The standard InChI is InChI=1S/C19H20BrF2N3O2/c1-25(12-14-4-7-16(20)17(22)10-14)19(27)24-9-8-23-18(26)11-13-2-5-15(21)6-3-13/h2-7,10H,8-9,11-12H2,1H3,(H,23,26)(H,24,27). The maximum atomic E-state index is 13.5. The lowest BCUT2D eigenvalue weighted by atomic mass is 10.1. The van der Waals surface area contributed by atoms with E-state index in [0.29, 0.717) is 15.6 Å². The molecule has 2 aromatic rings. The summed E-state index contributed by atoms with van der Waals surface area (Å²) in [5.41, 5.74) is 1.38. The van der Waals surface area contributed by atoms with Crippen LogP contribution in [0.3, 0.4) is 0 Å². The van der Waals surface area contributed by atoms with E-state index in [4.69, 9.17) is 0 Å². The van der Waals surface area contributed by atoms with Gasteiger partial charge in [0.2, 0.25) is 5.91 Å². The fraction of sp³-hybridized carbons (Fsp3) is 0.263. The van der Waals surface area contributed by atoms with Crippen LogP contribution in [0.2, 0.25) is 0 Å². The van der Waals surface area contributed by atoms with Gasteiger partial charge in [-0.25, -0.2) is 13.6 Å². The van der Waals surface area contributed by atoms with Crippen LogP contribution in [0.1, 0.15) is 11.1 Å². The van der Waals surface area contributed by atoms with Crippen molar-refractivity contribution in [2.24, 2.45) is 0 Å².